The molecule has 0 saturated carbocycles. The predicted molar refractivity (Wildman–Crippen MR) is 169 cm³/mol. The standard InChI is InChI=1S/C34H33N9O2/c1-34(2,44)30(7-5-22-9-10-36-32(11-22)45-4)43-27-13-28(43)21-41(20-27)31-8-6-23(15-37-31)29-12-24(26-17-38-40(3)18-26)19-42-33(29)25(14-35)16-39-42/h6,8-12,15-19,27-28,30,44H,13,20-21H2,1-4H3. The van der Waals surface area contributed by atoms with Crippen LogP contribution in [0.25, 0.3) is 27.8 Å². The van der Waals surface area contributed by atoms with Crippen molar-refractivity contribution in [2.24, 2.45) is 7.05 Å². The quantitative estimate of drug-likeness (QED) is 0.292. The van der Waals surface area contributed by atoms with E-state index in [0.717, 1.165) is 58.7 Å². The number of rotatable bonds is 6. The van der Waals surface area contributed by atoms with Crippen molar-refractivity contribution in [1.82, 2.24) is 34.3 Å². The fourth-order valence-corrected chi connectivity index (χ4v) is 6.50. The predicted octanol–water partition coefficient (Wildman–Crippen LogP) is 3.53. The molecule has 2 bridgehead atoms. The number of hydrogen-bond acceptors (Lipinski definition) is 9. The molecule has 3 fully saturated rings. The van der Waals surface area contributed by atoms with Crippen LogP contribution in [0.2, 0.25) is 0 Å². The van der Waals surface area contributed by atoms with Gasteiger partial charge in [0, 0.05) is 90.9 Å². The molecule has 0 aromatic carbocycles. The Morgan fingerprint density at radius 1 is 1.00 bits per heavy atom. The van der Waals surface area contributed by atoms with Gasteiger partial charge >= 0.3 is 0 Å². The minimum Gasteiger partial charge on any atom is -0.481 e. The third-order valence-electron chi connectivity index (χ3n) is 8.67. The summed E-state index contributed by atoms with van der Waals surface area (Å²) in [7, 11) is 3.47. The Hall–Kier alpha value is -5.23. The zero-order valence-corrected chi connectivity index (χ0v) is 25.6. The Labute approximate surface area is 261 Å². The van der Waals surface area contributed by atoms with Crippen molar-refractivity contribution >= 4 is 11.3 Å². The van der Waals surface area contributed by atoms with Gasteiger partial charge in [0.25, 0.3) is 0 Å². The highest BCUT2D eigenvalue weighted by molar-refractivity contribution is 5.87. The van der Waals surface area contributed by atoms with Crippen molar-refractivity contribution in [3.63, 3.8) is 0 Å². The van der Waals surface area contributed by atoms with E-state index >= 15 is 0 Å². The molecule has 3 aliphatic rings. The van der Waals surface area contributed by atoms with Crippen LogP contribution in [0.15, 0.2) is 67.5 Å². The summed E-state index contributed by atoms with van der Waals surface area (Å²) in [4.78, 5) is 13.7. The number of anilines is 1. The lowest BCUT2D eigenvalue weighted by molar-refractivity contribution is -0.0897. The van der Waals surface area contributed by atoms with Crippen molar-refractivity contribution in [3.8, 4) is 46.0 Å². The molecule has 3 unspecified atom stereocenters. The first-order valence-electron chi connectivity index (χ1n) is 14.8. The van der Waals surface area contributed by atoms with Gasteiger partial charge < -0.3 is 14.7 Å². The molecule has 0 spiro atoms. The zero-order valence-electron chi connectivity index (χ0n) is 25.6. The monoisotopic (exact) mass is 599 g/mol. The second-order valence-electron chi connectivity index (χ2n) is 12.2. The Morgan fingerprint density at radius 3 is 2.49 bits per heavy atom. The number of ether oxygens (including phenoxy) is 1. The summed E-state index contributed by atoms with van der Waals surface area (Å²) >= 11 is 0. The van der Waals surface area contributed by atoms with Crippen LogP contribution in [-0.4, -0.2) is 83.3 Å². The number of methoxy groups -OCH3 is 1. The molecule has 1 N–H and O–H groups in total. The van der Waals surface area contributed by atoms with E-state index in [4.69, 9.17) is 9.72 Å². The summed E-state index contributed by atoms with van der Waals surface area (Å²) < 4.78 is 8.75. The van der Waals surface area contributed by atoms with Gasteiger partial charge in [-0.2, -0.15) is 15.5 Å². The van der Waals surface area contributed by atoms with E-state index in [2.05, 4.69) is 55.0 Å². The number of piperazine rings is 1. The van der Waals surface area contributed by atoms with Gasteiger partial charge in [-0.3, -0.25) is 9.58 Å². The molecule has 5 aromatic heterocycles. The molecule has 3 atom stereocenters. The third-order valence-corrected chi connectivity index (χ3v) is 8.67. The molecule has 0 aliphatic carbocycles. The number of fused-ring (bicyclic) bond motifs is 3. The first-order chi connectivity index (χ1) is 21.7. The average Bonchev–Trinajstić information content (AvgIpc) is 3.68. The first kappa shape index (κ1) is 28.5. The SMILES string of the molecule is COc1cc(C#CC(N2C3CC2CN(c2ccc(-c4cc(-c5cnn(C)c5)cn5ncc(C#N)c45)cn2)C3)C(C)(C)O)ccn1. The van der Waals surface area contributed by atoms with E-state index in [1.165, 1.54) is 0 Å². The van der Waals surface area contributed by atoms with E-state index in [0.29, 0.717) is 11.4 Å². The van der Waals surface area contributed by atoms with Crippen LogP contribution < -0.4 is 9.64 Å². The van der Waals surface area contributed by atoms with Crippen LogP contribution in [0.1, 0.15) is 31.4 Å². The topological polar surface area (TPSA) is 121 Å². The van der Waals surface area contributed by atoms with Crippen LogP contribution in [0.5, 0.6) is 5.88 Å². The van der Waals surface area contributed by atoms with Gasteiger partial charge in [0.2, 0.25) is 5.88 Å². The van der Waals surface area contributed by atoms with Gasteiger partial charge in [0.15, 0.2) is 0 Å². The first-order valence-corrected chi connectivity index (χ1v) is 14.8. The van der Waals surface area contributed by atoms with Gasteiger partial charge in [0.1, 0.15) is 17.9 Å². The highest BCUT2D eigenvalue weighted by Crippen LogP contribution is 2.39. The Morgan fingerprint density at radius 2 is 1.82 bits per heavy atom. The Balaban J connectivity index is 1.13. The summed E-state index contributed by atoms with van der Waals surface area (Å²) in [5.74, 6) is 8.00. The number of aryl methyl sites for hydroxylation is 1. The maximum absolute atomic E-state index is 11.1. The number of pyridine rings is 3. The fourth-order valence-electron chi connectivity index (χ4n) is 6.50. The second-order valence-corrected chi connectivity index (χ2v) is 12.2. The lowest BCUT2D eigenvalue weighted by Crippen LogP contribution is -2.73. The summed E-state index contributed by atoms with van der Waals surface area (Å²) in [6, 6.07) is 12.3. The van der Waals surface area contributed by atoms with Crippen LogP contribution in [0, 0.1) is 23.2 Å². The van der Waals surface area contributed by atoms with Crippen LogP contribution in [0.3, 0.4) is 0 Å². The largest absolute Gasteiger partial charge is 0.481 e. The summed E-state index contributed by atoms with van der Waals surface area (Å²) in [5.41, 5.74) is 4.75. The molecule has 5 aromatic rings. The third kappa shape index (κ3) is 5.27. The number of aliphatic hydroxyl groups is 1. The molecule has 3 saturated heterocycles. The molecular formula is C34H33N9O2. The molecule has 45 heavy (non-hydrogen) atoms. The number of nitriles is 1. The fraction of sp³-hybridized carbons (Fsp3) is 0.324. The van der Waals surface area contributed by atoms with E-state index in [1.807, 2.05) is 57.8 Å². The lowest BCUT2D eigenvalue weighted by atomic mass is 9.81. The van der Waals surface area contributed by atoms with Crippen LogP contribution >= 0.6 is 0 Å². The maximum atomic E-state index is 11.1. The number of piperidine rings is 1. The molecular weight excluding hydrogens is 566 g/mol. The Kier molecular flexibility index (Phi) is 7.00. The van der Waals surface area contributed by atoms with E-state index < -0.39 is 5.60 Å². The van der Waals surface area contributed by atoms with Gasteiger partial charge in [-0.15, -0.1) is 0 Å². The summed E-state index contributed by atoms with van der Waals surface area (Å²) in [5, 5.41) is 29.7. The minimum absolute atomic E-state index is 0.253. The van der Waals surface area contributed by atoms with Crippen molar-refractivity contribution in [3.05, 3.63) is 78.6 Å². The molecule has 0 radical (unpaired) electrons. The number of aromatic nitrogens is 6. The second kappa shape index (κ2) is 11.0. The van der Waals surface area contributed by atoms with Gasteiger partial charge in [-0.1, -0.05) is 11.8 Å². The summed E-state index contributed by atoms with van der Waals surface area (Å²) in [6.45, 7) is 5.23. The molecule has 11 heteroatoms. The van der Waals surface area contributed by atoms with Crippen molar-refractivity contribution < 1.29 is 9.84 Å². The smallest absolute Gasteiger partial charge is 0.214 e. The lowest BCUT2D eigenvalue weighted by Gasteiger charge is -2.60. The van der Waals surface area contributed by atoms with Crippen LogP contribution in [-0.2, 0) is 7.05 Å². The molecule has 226 valence electrons. The van der Waals surface area contributed by atoms with Crippen LogP contribution in [0.4, 0.5) is 5.82 Å². The van der Waals surface area contributed by atoms with E-state index in [-0.39, 0.29) is 18.1 Å². The highest BCUT2D eigenvalue weighted by atomic mass is 16.5. The molecule has 8 rings (SSSR count). The number of nitrogens with zero attached hydrogens (tertiary/aromatic N) is 9. The Bertz CT molecular complexity index is 1980. The van der Waals surface area contributed by atoms with E-state index in [9.17, 15) is 10.4 Å². The van der Waals surface area contributed by atoms with Crippen molar-refractivity contribution in [1.29, 1.82) is 5.26 Å². The van der Waals surface area contributed by atoms with E-state index in [1.54, 1.807) is 34.8 Å². The maximum Gasteiger partial charge on any atom is 0.214 e. The molecule has 3 aliphatic heterocycles. The molecule has 0 amide bonds. The highest BCUT2D eigenvalue weighted by Gasteiger charge is 2.50. The minimum atomic E-state index is -1.01. The number of hydrogen-bond donors (Lipinski definition) is 1. The van der Waals surface area contributed by atoms with Gasteiger partial charge in [0.05, 0.1) is 36.2 Å². The normalized spacial score (nSPS) is 18.5. The van der Waals surface area contributed by atoms with Gasteiger partial charge in [-0.25, -0.2) is 14.5 Å². The zero-order chi connectivity index (χ0) is 31.3. The molecule has 11 nitrogen and oxygen atoms in total. The van der Waals surface area contributed by atoms with Crippen molar-refractivity contribution in [2.75, 3.05) is 25.1 Å². The van der Waals surface area contributed by atoms with Gasteiger partial charge in [-0.05, 0) is 44.5 Å². The molecule has 8 heterocycles. The average molecular weight is 600 g/mol. The van der Waals surface area contributed by atoms with Crippen molar-refractivity contribution in [2.45, 2.75) is 44.0 Å². The summed E-state index contributed by atoms with van der Waals surface area (Å²) in [6.07, 6.45) is 11.9.